The summed E-state index contributed by atoms with van der Waals surface area (Å²) in [5.74, 6) is 0.615. The van der Waals surface area contributed by atoms with Gasteiger partial charge in [0.2, 0.25) is 5.91 Å². The number of piperidine rings is 1. The van der Waals surface area contributed by atoms with Crippen molar-refractivity contribution < 1.29 is 4.79 Å². The van der Waals surface area contributed by atoms with Crippen molar-refractivity contribution in [3.05, 3.63) is 65.2 Å². The molecule has 0 radical (unpaired) electrons. The van der Waals surface area contributed by atoms with Crippen molar-refractivity contribution >= 4 is 11.6 Å². The Kier molecular flexibility index (Phi) is 7.45. The summed E-state index contributed by atoms with van der Waals surface area (Å²) < 4.78 is 0. The molecule has 4 rings (SSSR count). The number of carbonyl (C=O) groups is 1. The largest absolute Gasteiger partial charge is 0.308 e. The molecule has 2 aromatic rings. The van der Waals surface area contributed by atoms with Gasteiger partial charge in [-0.25, -0.2) is 0 Å². The van der Waals surface area contributed by atoms with Crippen LogP contribution in [0.5, 0.6) is 0 Å². The highest BCUT2D eigenvalue weighted by Crippen LogP contribution is 2.35. The Morgan fingerprint density at radius 2 is 1.68 bits per heavy atom. The van der Waals surface area contributed by atoms with Crippen LogP contribution in [0.3, 0.4) is 0 Å². The molecule has 0 aromatic heterocycles. The van der Waals surface area contributed by atoms with E-state index < -0.39 is 0 Å². The van der Waals surface area contributed by atoms with E-state index in [-0.39, 0.29) is 5.92 Å². The van der Waals surface area contributed by atoms with Crippen LogP contribution in [-0.4, -0.2) is 36.5 Å². The fraction of sp³-hybridized carbons (Fsp3) is 0.536. The molecule has 0 spiro atoms. The molecule has 1 saturated carbocycles. The van der Waals surface area contributed by atoms with Gasteiger partial charge >= 0.3 is 0 Å². The number of nitrogens with zero attached hydrogens (tertiary/aromatic N) is 2. The summed E-state index contributed by atoms with van der Waals surface area (Å²) >= 11 is 0. The normalized spacial score (nSPS) is 18.4. The van der Waals surface area contributed by atoms with Crippen molar-refractivity contribution in [1.82, 2.24) is 4.90 Å². The lowest BCUT2D eigenvalue weighted by Gasteiger charge is -2.41. The molecule has 3 nitrogen and oxygen atoms in total. The molecule has 31 heavy (non-hydrogen) atoms. The molecule has 1 heterocycles. The summed E-state index contributed by atoms with van der Waals surface area (Å²) in [7, 11) is 0. The number of benzene rings is 2. The number of likely N-dealkylation sites (tertiary alicyclic amines) is 1. The summed E-state index contributed by atoms with van der Waals surface area (Å²) in [6.07, 6.45) is 8.77. The minimum Gasteiger partial charge on any atom is -0.308 e. The van der Waals surface area contributed by atoms with Crippen LogP contribution in [0.15, 0.2) is 48.5 Å². The highest BCUT2D eigenvalue weighted by molar-refractivity contribution is 5.97. The number of carbonyl (C=O) groups excluding carboxylic acids is 1. The average Bonchev–Trinajstić information content (AvgIpc) is 3.35. The SMILES string of the molecule is CCc1cccc(C)c1N(C(=O)C1CCCC1)C1CCN(CCc2ccccc2)CC1. The number of hydrogen-bond acceptors (Lipinski definition) is 2. The topological polar surface area (TPSA) is 23.6 Å². The Labute approximate surface area is 188 Å². The summed E-state index contributed by atoms with van der Waals surface area (Å²) in [5, 5.41) is 0. The zero-order valence-corrected chi connectivity index (χ0v) is 19.4. The van der Waals surface area contributed by atoms with Crippen molar-refractivity contribution in [3.63, 3.8) is 0 Å². The van der Waals surface area contributed by atoms with Gasteiger partial charge in [0, 0.05) is 31.6 Å². The van der Waals surface area contributed by atoms with Crippen LogP contribution in [0.1, 0.15) is 62.1 Å². The third kappa shape index (κ3) is 5.20. The fourth-order valence-corrected chi connectivity index (χ4v) is 5.52. The molecular weight excluding hydrogens is 380 g/mol. The Hall–Kier alpha value is -2.13. The molecule has 0 N–H and O–H groups in total. The maximum Gasteiger partial charge on any atom is 0.230 e. The Bertz CT molecular complexity index is 849. The Morgan fingerprint density at radius 3 is 2.35 bits per heavy atom. The van der Waals surface area contributed by atoms with Gasteiger partial charge in [0.1, 0.15) is 0 Å². The minimum atomic E-state index is 0.223. The van der Waals surface area contributed by atoms with Gasteiger partial charge in [-0.2, -0.15) is 0 Å². The van der Waals surface area contributed by atoms with Gasteiger partial charge in [-0.05, 0) is 62.1 Å². The second kappa shape index (κ2) is 10.5. The maximum atomic E-state index is 13.8. The van der Waals surface area contributed by atoms with Crippen LogP contribution in [0.4, 0.5) is 5.69 Å². The quantitative estimate of drug-likeness (QED) is 0.568. The molecule has 0 atom stereocenters. The molecule has 1 amide bonds. The highest BCUT2D eigenvalue weighted by Gasteiger charge is 2.35. The van der Waals surface area contributed by atoms with Crippen molar-refractivity contribution in [1.29, 1.82) is 0 Å². The monoisotopic (exact) mass is 418 g/mol. The summed E-state index contributed by atoms with van der Waals surface area (Å²) in [6, 6.07) is 17.6. The number of aryl methyl sites for hydroxylation is 2. The van der Waals surface area contributed by atoms with Crippen molar-refractivity contribution in [2.24, 2.45) is 5.92 Å². The van der Waals surface area contributed by atoms with Crippen molar-refractivity contribution in [2.75, 3.05) is 24.5 Å². The lowest BCUT2D eigenvalue weighted by Crippen LogP contribution is -2.50. The average molecular weight is 419 g/mol. The lowest BCUT2D eigenvalue weighted by molar-refractivity contribution is -0.122. The number of para-hydroxylation sites is 1. The van der Waals surface area contributed by atoms with Crippen LogP contribution >= 0.6 is 0 Å². The Morgan fingerprint density at radius 1 is 0.968 bits per heavy atom. The van der Waals surface area contributed by atoms with Crippen LogP contribution in [0.2, 0.25) is 0 Å². The predicted octanol–water partition coefficient (Wildman–Crippen LogP) is 5.79. The van der Waals surface area contributed by atoms with Crippen molar-refractivity contribution in [3.8, 4) is 0 Å². The van der Waals surface area contributed by atoms with Gasteiger partial charge < -0.3 is 9.80 Å². The van der Waals surface area contributed by atoms with Gasteiger partial charge in [0.15, 0.2) is 0 Å². The summed E-state index contributed by atoms with van der Waals surface area (Å²) in [4.78, 5) is 18.6. The molecule has 0 unspecified atom stereocenters. The molecular formula is C28H38N2O. The maximum absolute atomic E-state index is 13.8. The van der Waals surface area contributed by atoms with E-state index in [1.165, 1.54) is 35.2 Å². The first-order valence-electron chi connectivity index (χ1n) is 12.3. The van der Waals surface area contributed by atoms with Crippen LogP contribution in [0, 0.1) is 12.8 Å². The lowest BCUT2D eigenvalue weighted by atomic mass is 9.95. The molecule has 1 aliphatic carbocycles. The number of amides is 1. The van der Waals surface area contributed by atoms with E-state index in [1.54, 1.807) is 0 Å². The molecule has 2 aliphatic rings. The predicted molar refractivity (Wildman–Crippen MR) is 130 cm³/mol. The molecule has 3 heteroatoms. The van der Waals surface area contributed by atoms with Crippen molar-refractivity contribution in [2.45, 2.75) is 71.3 Å². The van der Waals surface area contributed by atoms with E-state index in [1.807, 2.05) is 0 Å². The third-order valence-corrected chi connectivity index (χ3v) is 7.37. The minimum absolute atomic E-state index is 0.223. The van der Waals surface area contributed by atoms with Gasteiger partial charge in [-0.3, -0.25) is 4.79 Å². The van der Waals surface area contributed by atoms with E-state index in [0.29, 0.717) is 11.9 Å². The zero-order chi connectivity index (χ0) is 21.6. The summed E-state index contributed by atoms with van der Waals surface area (Å²) in [6.45, 7) is 7.66. The highest BCUT2D eigenvalue weighted by atomic mass is 16.2. The smallest absolute Gasteiger partial charge is 0.230 e. The van der Waals surface area contributed by atoms with Gasteiger partial charge in [0.25, 0.3) is 0 Å². The molecule has 0 bridgehead atoms. The zero-order valence-electron chi connectivity index (χ0n) is 19.4. The standard InChI is InChI=1S/C28H38N2O/c1-3-24-15-9-10-22(2)27(24)30(28(31)25-13-7-8-14-25)26-17-20-29(21-18-26)19-16-23-11-5-4-6-12-23/h4-6,9-12,15,25-26H,3,7-8,13-14,16-21H2,1-2H3. The Balaban J connectivity index is 1.48. The molecule has 1 aliphatic heterocycles. The van der Waals surface area contributed by atoms with E-state index >= 15 is 0 Å². The fourth-order valence-electron chi connectivity index (χ4n) is 5.52. The van der Waals surface area contributed by atoms with Crippen LogP contribution in [-0.2, 0) is 17.6 Å². The van der Waals surface area contributed by atoms with E-state index in [4.69, 9.17) is 0 Å². The number of hydrogen-bond donors (Lipinski definition) is 0. The summed E-state index contributed by atoms with van der Waals surface area (Å²) in [5.41, 5.74) is 5.19. The van der Waals surface area contributed by atoms with Crippen LogP contribution < -0.4 is 4.90 Å². The number of anilines is 1. The van der Waals surface area contributed by atoms with Gasteiger partial charge in [0.05, 0.1) is 5.69 Å². The molecule has 2 aromatic carbocycles. The molecule has 1 saturated heterocycles. The first-order chi connectivity index (χ1) is 15.2. The van der Waals surface area contributed by atoms with E-state index in [0.717, 1.165) is 58.2 Å². The van der Waals surface area contributed by atoms with Crippen LogP contribution in [0.25, 0.3) is 0 Å². The first-order valence-corrected chi connectivity index (χ1v) is 12.3. The molecule has 166 valence electrons. The third-order valence-electron chi connectivity index (χ3n) is 7.37. The first kappa shape index (κ1) is 22.1. The second-order valence-electron chi connectivity index (χ2n) is 9.43. The molecule has 2 fully saturated rings. The number of rotatable bonds is 7. The van der Waals surface area contributed by atoms with Gasteiger partial charge in [-0.15, -0.1) is 0 Å². The second-order valence-corrected chi connectivity index (χ2v) is 9.43. The van der Waals surface area contributed by atoms with E-state index in [2.05, 4.69) is 72.2 Å². The van der Waals surface area contributed by atoms with E-state index in [9.17, 15) is 4.79 Å². The van der Waals surface area contributed by atoms with Gasteiger partial charge in [-0.1, -0.05) is 68.3 Å².